The standard InChI is InChI=1S/C18H14F4N4O/c19-12-14(13(20)16(22)23-15(12)21)26-8-6-11(7-9-26)18-24-17(25-27-18)10-4-2-1-3-5-10/h1-5,11H,6-9H2. The van der Waals surface area contributed by atoms with Crippen LogP contribution in [0.3, 0.4) is 0 Å². The lowest BCUT2D eigenvalue weighted by Gasteiger charge is -2.32. The van der Waals surface area contributed by atoms with Gasteiger partial charge in [0, 0.05) is 24.6 Å². The number of hydrogen-bond donors (Lipinski definition) is 0. The monoisotopic (exact) mass is 378 g/mol. The van der Waals surface area contributed by atoms with Crippen molar-refractivity contribution in [2.75, 3.05) is 18.0 Å². The highest BCUT2D eigenvalue weighted by Crippen LogP contribution is 2.33. The van der Waals surface area contributed by atoms with Gasteiger partial charge in [-0.15, -0.1) is 0 Å². The van der Waals surface area contributed by atoms with Crippen molar-refractivity contribution in [3.63, 3.8) is 0 Å². The minimum Gasteiger partial charge on any atom is -0.366 e. The molecule has 0 aliphatic carbocycles. The van der Waals surface area contributed by atoms with Crippen molar-refractivity contribution in [3.8, 4) is 11.4 Å². The van der Waals surface area contributed by atoms with Gasteiger partial charge in [0.1, 0.15) is 5.69 Å². The number of piperidine rings is 1. The third-order valence-corrected chi connectivity index (χ3v) is 4.61. The first-order valence-corrected chi connectivity index (χ1v) is 8.38. The summed E-state index contributed by atoms with van der Waals surface area (Å²) < 4.78 is 59.8. The van der Waals surface area contributed by atoms with Crippen LogP contribution in [0.25, 0.3) is 11.4 Å². The highest BCUT2D eigenvalue weighted by atomic mass is 19.2. The lowest BCUT2D eigenvalue weighted by molar-refractivity contribution is 0.327. The molecule has 0 unspecified atom stereocenters. The molecule has 0 atom stereocenters. The van der Waals surface area contributed by atoms with E-state index in [4.69, 9.17) is 4.52 Å². The number of benzene rings is 1. The molecular formula is C18H14F4N4O. The molecule has 0 amide bonds. The van der Waals surface area contributed by atoms with Gasteiger partial charge in [-0.25, -0.2) is 0 Å². The van der Waals surface area contributed by atoms with Crippen LogP contribution in [0.1, 0.15) is 24.7 Å². The van der Waals surface area contributed by atoms with Crippen LogP contribution in [0, 0.1) is 23.5 Å². The number of anilines is 1. The van der Waals surface area contributed by atoms with Gasteiger partial charge in [-0.2, -0.15) is 27.5 Å². The maximum atomic E-state index is 13.9. The average molecular weight is 378 g/mol. The summed E-state index contributed by atoms with van der Waals surface area (Å²) in [6.07, 6.45) is 0.891. The van der Waals surface area contributed by atoms with E-state index in [1.807, 2.05) is 30.3 Å². The largest absolute Gasteiger partial charge is 0.366 e. The number of rotatable bonds is 3. The van der Waals surface area contributed by atoms with E-state index in [1.165, 1.54) is 4.90 Å². The Morgan fingerprint density at radius 1 is 0.889 bits per heavy atom. The van der Waals surface area contributed by atoms with E-state index < -0.39 is 29.2 Å². The molecule has 1 aromatic carbocycles. The minimum absolute atomic E-state index is 0.103. The van der Waals surface area contributed by atoms with Crippen molar-refractivity contribution in [3.05, 3.63) is 59.8 Å². The molecule has 4 rings (SSSR count). The summed E-state index contributed by atoms with van der Waals surface area (Å²) in [4.78, 5) is 8.24. The van der Waals surface area contributed by atoms with Crippen molar-refractivity contribution in [1.29, 1.82) is 0 Å². The second kappa shape index (κ2) is 6.98. The third-order valence-electron chi connectivity index (χ3n) is 4.61. The Balaban J connectivity index is 1.50. The molecule has 0 bridgehead atoms. The zero-order valence-corrected chi connectivity index (χ0v) is 14.0. The van der Waals surface area contributed by atoms with E-state index in [0.717, 1.165) is 5.56 Å². The second-order valence-electron chi connectivity index (χ2n) is 6.25. The van der Waals surface area contributed by atoms with E-state index in [1.54, 1.807) is 0 Å². The molecular weight excluding hydrogens is 364 g/mol. The van der Waals surface area contributed by atoms with Crippen molar-refractivity contribution in [2.24, 2.45) is 0 Å². The summed E-state index contributed by atoms with van der Waals surface area (Å²) >= 11 is 0. The molecule has 3 aromatic rings. The minimum atomic E-state index is -1.66. The molecule has 0 radical (unpaired) electrons. The highest BCUT2D eigenvalue weighted by Gasteiger charge is 2.31. The van der Waals surface area contributed by atoms with Crippen LogP contribution in [-0.4, -0.2) is 28.2 Å². The molecule has 0 N–H and O–H groups in total. The molecule has 0 saturated carbocycles. The van der Waals surface area contributed by atoms with Gasteiger partial charge in [-0.05, 0) is 12.8 Å². The molecule has 3 heterocycles. The first-order chi connectivity index (χ1) is 13.0. The fourth-order valence-corrected chi connectivity index (χ4v) is 3.21. The van der Waals surface area contributed by atoms with Crippen LogP contribution < -0.4 is 4.90 Å². The summed E-state index contributed by atoms with van der Waals surface area (Å²) in [7, 11) is 0. The van der Waals surface area contributed by atoms with Crippen LogP contribution in [0.4, 0.5) is 23.2 Å². The quantitative estimate of drug-likeness (QED) is 0.508. The van der Waals surface area contributed by atoms with Gasteiger partial charge >= 0.3 is 0 Å². The van der Waals surface area contributed by atoms with Gasteiger partial charge < -0.3 is 9.42 Å². The molecule has 140 valence electrons. The number of aromatic nitrogens is 3. The lowest BCUT2D eigenvalue weighted by Crippen LogP contribution is -2.35. The van der Waals surface area contributed by atoms with Gasteiger partial charge in [0.05, 0.1) is 0 Å². The summed E-state index contributed by atoms with van der Waals surface area (Å²) in [6.45, 7) is 0.370. The van der Waals surface area contributed by atoms with E-state index in [0.29, 0.717) is 24.6 Å². The number of hydrogen-bond acceptors (Lipinski definition) is 5. The molecule has 2 aromatic heterocycles. The smallest absolute Gasteiger partial charge is 0.253 e. The van der Waals surface area contributed by atoms with E-state index >= 15 is 0 Å². The SMILES string of the molecule is Fc1nc(F)c(F)c(N2CCC(c3nc(-c4ccccc4)no3)CC2)c1F. The van der Waals surface area contributed by atoms with Gasteiger partial charge in [-0.1, -0.05) is 35.5 Å². The van der Waals surface area contributed by atoms with Crippen LogP contribution in [0.5, 0.6) is 0 Å². The van der Waals surface area contributed by atoms with E-state index in [9.17, 15) is 17.6 Å². The van der Waals surface area contributed by atoms with Crippen molar-refractivity contribution < 1.29 is 22.1 Å². The zero-order chi connectivity index (χ0) is 19.0. The van der Waals surface area contributed by atoms with Crippen LogP contribution >= 0.6 is 0 Å². The first-order valence-electron chi connectivity index (χ1n) is 8.38. The van der Waals surface area contributed by atoms with Crippen molar-refractivity contribution >= 4 is 5.69 Å². The summed E-state index contributed by atoms with van der Waals surface area (Å²) in [6, 6.07) is 9.31. The Kier molecular flexibility index (Phi) is 4.51. The number of nitrogens with zero attached hydrogens (tertiary/aromatic N) is 4. The molecule has 1 aliphatic heterocycles. The predicted molar refractivity (Wildman–Crippen MR) is 88.0 cm³/mol. The highest BCUT2D eigenvalue weighted by molar-refractivity contribution is 5.53. The third kappa shape index (κ3) is 3.24. The van der Waals surface area contributed by atoms with Gasteiger partial charge in [0.2, 0.25) is 23.3 Å². The van der Waals surface area contributed by atoms with Crippen LogP contribution in [0.2, 0.25) is 0 Å². The molecule has 0 spiro atoms. The fraction of sp³-hybridized carbons (Fsp3) is 0.278. The topological polar surface area (TPSA) is 55.1 Å². The Morgan fingerprint density at radius 3 is 2.15 bits per heavy atom. The van der Waals surface area contributed by atoms with Gasteiger partial charge in [0.25, 0.3) is 11.9 Å². The first kappa shape index (κ1) is 17.4. The maximum Gasteiger partial charge on any atom is 0.253 e. The molecule has 5 nitrogen and oxygen atoms in total. The van der Waals surface area contributed by atoms with Gasteiger partial charge in [0.15, 0.2) is 0 Å². The normalized spacial score (nSPS) is 15.3. The van der Waals surface area contributed by atoms with Gasteiger partial charge in [-0.3, -0.25) is 0 Å². The second-order valence-corrected chi connectivity index (χ2v) is 6.25. The summed E-state index contributed by atoms with van der Waals surface area (Å²) in [5.74, 6) is -5.50. The van der Waals surface area contributed by atoms with Crippen LogP contribution in [-0.2, 0) is 0 Å². The number of halogens is 4. The zero-order valence-electron chi connectivity index (χ0n) is 14.0. The molecule has 9 heteroatoms. The average Bonchev–Trinajstić information content (AvgIpc) is 3.18. The predicted octanol–water partition coefficient (Wildman–Crippen LogP) is 4.07. The number of pyridine rings is 1. The van der Waals surface area contributed by atoms with Crippen molar-refractivity contribution in [2.45, 2.75) is 18.8 Å². The molecule has 1 fully saturated rings. The lowest BCUT2D eigenvalue weighted by atomic mass is 9.96. The fourth-order valence-electron chi connectivity index (χ4n) is 3.21. The Bertz CT molecular complexity index is 929. The molecule has 1 saturated heterocycles. The Hall–Kier alpha value is -2.97. The molecule has 1 aliphatic rings. The Labute approximate surface area is 151 Å². The molecule has 27 heavy (non-hydrogen) atoms. The summed E-state index contributed by atoms with van der Waals surface area (Å²) in [5, 5.41) is 3.96. The van der Waals surface area contributed by atoms with E-state index in [2.05, 4.69) is 15.1 Å². The Morgan fingerprint density at radius 2 is 1.52 bits per heavy atom. The van der Waals surface area contributed by atoms with Crippen LogP contribution in [0.15, 0.2) is 34.9 Å². The summed E-state index contributed by atoms with van der Waals surface area (Å²) in [5.41, 5.74) is 0.0887. The van der Waals surface area contributed by atoms with E-state index in [-0.39, 0.29) is 19.0 Å². The maximum absolute atomic E-state index is 13.9. The van der Waals surface area contributed by atoms with Crippen molar-refractivity contribution in [1.82, 2.24) is 15.1 Å².